The van der Waals surface area contributed by atoms with Crippen LogP contribution in [0.2, 0.25) is 0 Å². The minimum Gasteiger partial charge on any atom is -0.465 e. The minimum atomic E-state index is -0.105. The molecule has 1 aromatic heterocycles. The maximum absolute atomic E-state index is 11.5. The van der Waals surface area contributed by atoms with Crippen LogP contribution in [-0.2, 0) is 16.1 Å². The maximum atomic E-state index is 11.5. The first kappa shape index (κ1) is 13.1. The van der Waals surface area contributed by atoms with E-state index in [0.717, 1.165) is 19.5 Å². The van der Waals surface area contributed by atoms with E-state index in [1.165, 1.54) is 12.8 Å². The van der Waals surface area contributed by atoms with Crippen molar-refractivity contribution in [3.63, 3.8) is 0 Å². The molecule has 0 aromatic carbocycles. The highest BCUT2D eigenvalue weighted by molar-refractivity contribution is 5.71. The first-order chi connectivity index (χ1) is 8.79. The SMILES string of the molecule is CCOC(=O)CN(CCCn1ccnc1)C1CC1. The van der Waals surface area contributed by atoms with Crippen molar-refractivity contribution in [2.75, 3.05) is 19.7 Å². The molecule has 5 heteroatoms. The molecular formula is C13H21N3O2. The van der Waals surface area contributed by atoms with Gasteiger partial charge in [0.05, 0.1) is 19.5 Å². The number of ether oxygens (including phenoxy) is 1. The van der Waals surface area contributed by atoms with Crippen molar-refractivity contribution in [2.24, 2.45) is 0 Å². The Kier molecular flexibility index (Phi) is 4.75. The van der Waals surface area contributed by atoms with Gasteiger partial charge >= 0.3 is 5.97 Å². The van der Waals surface area contributed by atoms with E-state index in [1.807, 2.05) is 19.4 Å². The Morgan fingerprint density at radius 2 is 2.39 bits per heavy atom. The summed E-state index contributed by atoms with van der Waals surface area (Å²) >= 11 is 0. The lowest BCUT2D eigenvalue weighted by atomic mass is 10.3. The zero-order chi connectivity index (χ0) is 12.8. The number of nitrogens with zero attached hydrogens (tertiary/aromatic N) is 3. The van der Waals surface area contributed by atoms with Gasteiger partial charge in [-0.15, -0.1) is 0 Å². The molecule has 0 saturated heterocycles. The Hall–Kier alpha value is -1.36. The number of hydrogen-bond acceptors (Lipinski definition) is 4. The Balaban J connectivity index is 1.71. The zero-order valence-corrected chi connectivity index (χ0v) is 10.9. The fourth-order valence-corrected chi connectivity index (χ4v) is 2.08. The van der Waals surface area contributed by atoms with E-state index >= 15 is 0 Å². The quantitative estimate of drug-likeness (QED) is 0.653. The van der Waals surface area contributed by atoms with Gasteiger partial charge in [0.25, 0.3) is 0 Å². The number of aromatic nitrogens is 2. The first-order valence-corrected chi connectivity index (χ1v) is 6.65. The molecule has 100 valence electrons. The lowest BCUT2D eigenvalue weighted by Gasteiger charge is -2.20. The van der Waals surface area contributed by atoms with Gasteiger partial charge in [-0.2, -0.15) is 0 Å². The Morgan fingerprint density at radius 3 is 3.00 bits per heavy atom. The van der Waals surface area contributed by atoms with E-state index in [-0.39, 0.29) is 5.97 Å². The Bertz CT molecular complexity index is 360. The molecule has 1 aliphatic carbocycles. The molecule has 2 rings (SSSR count). The highest BCUT2D eigenvalue weighted by Crippen LogP contribution is 2.26. The van der Waals surface area contributed by atoms with Crippen LogP contribution in [-0.4, -0.2) is 46.2 Å². The monoisotopic (exact) mass is 251 g/mol. The lowest BCUT2D eigenvalue weighted by Crippen LogP contribution is -2.34. The lowest BCUT2D eigenvalue weighted by molar-refractivity contribution is -0.144. The average molecular weight is 251 g/mol. The van der Waals surface area contributed by atoms with Gasteiger partial charge < -0.3 is 9.30 Å². The summed E-state index contributed by atoms with van der Waals surface area (Å²) in [6.07, 6.45) is 9.04. The topological polar surface area (TPSA) is 47.4 Å². The highest BCUT2D eigenvalue weighted by atomic mass is 16.5. The summed E-state index contributed by atoms with van der Waals surface area (Å²) in [6.45, 7) is 4.64. The van der Waals surface area contributed by atoms with Crippen molar-refractivity contribution in [1.29, 1.82) is 0 Å². The van der Waals surface area contributed by atoms with Gasteiger partial charge in [-0.25, -0.2) is 4.98 Å². The van der Waals surface area contributed by atoms with Gasteiger partial charge in [-0.1, -0.05) is 0 Å². The molecule has 0 amide bonds. The van der Waals surface area contributed by atoms with E-state index in [4.69, 9.17) is 4.74 Å². The number of aryl methyl sites for hydroxylation is 1. The van der Waals surface area contributed by atoms with Crippen LogP contribution in [0.3, 0.4) is 0 Å². The highest BCUT2D eigenvalue weighted by Gasteiger charge is 2.30. The van der Waals surface area contributed by atoms with E-state index < -0.39 is 0 Å². The zero-order valence-electron chi connectivity index (χ0n) is 10.9. The predicted octanol–water partition coefficient (Wildman–Crippen LogP) is 1.30. The van der Waals surface area contributed by atoms with Crippen LogP contribution in [0.5, 0.6) is 0 Å². The molecule has 1 fully saturated rings. The predicted molar refractivity (Wildman–Crippen MR) is 68.1 cm³/mol. The molecule has 1 saturated carbocycles. The average Bonchev–Trinajstić information content (AvgIpc) is 3.06. The smallest absolute Gasteiger partial charge is 0.320 e. The molecule has 0 bridgehead atoms. The molecule has 18 heavy (non-hydrogen) atoms. The summed E-state index contributed by atoms with van der Waals surface area (Å²) in [5, 5.41) is 0. The summed E-state index contributed by atoms with van der Waals surface area (Å²) in [4.78, 5) is 17.8. The summed E-state index contributed by atoms with van der Waals surface area (Å²) < 4.78 is 7.07. The maximum Gasteiger partial charge on any atom is 0.320 e. The third kappa shape index (κ3) is 4.14. The van der Waals surface area contributed by atoms with Crippen molar-refractivity contribution in [3.05, 3.63) is 18.7 Å². The molecule has 1 aliphatic rings. The largest absolute Gasteiger partial charge is 0.465 e. The normalized spacial score (nSPS) is 15.0. The van der Waals surface area contributed by atoms with Crippen LogP contribution >= 0.6 is 0 Å². The molecule has 1 heterocycles. The van der Waals surface area contributed by atoms with Crippen LogP contribution in [0.25, 0.3) is 0 Å². The standard InChI is InChI=1S/C13H21N3O2/c1-2-18-13(17)10-16(12-4-5-12)8-3-7-15-9-6-14-11-15/h6,9,11-12H,2-5,7-8,10H2,1H3. The summed E-state index contributed by atoms with van der Waals surface area (Å²) in [5.41, 5.74) is 0. The number of esters is 1. The van der Waals surface area contributed by atoms with Crippen LogP contribution in [0.1, 0.15) is 26.2 Å². The van der Waals surface area contributed by atoms with Crippen molar-refractivity contribution in [2.45, 2.75) is 38.8 Å². The van der Waals surface area contributed by atoms with E-state index in [2.05, 4.69) is 14.5 Å². The number of hydrogen-bond donors (Lipinski definition) is 0. The van der Waals surface area contributed by atoms with E-state index in [0.29, 0.717) is 19.2 Å². The summed E-state index contributed by atoms with van der Waals surface area (Å²) in [6, 6.07) is 0.595. The fourth-order valence-electron chi connectivity index (χ4n) is 2.08. The Labute approximate surface area is 108 Å². The number of imidazole rings is 1. The molecule has 5 nitrogen and oxygen atoms in total. The van der Waals surface area contributed by atoms with Crippen LogP contribution in [0, 0.1) is 0 Å². The number of carbonyl (C=O) groups excluding carboxylic acids is 1. The van der Waals surface area contributed by atoms with E-state index in [9.17, 15) is 4.79 Å². The number of carbonyl (C=O) groups is 1. The second-order valence-electron chi connectivity index (χ2n) is 4.66. The van der Waals surface area contributed by atoms with Gasteiger partial charge in [0.15, 0.2) is 0 Å². The van der Waals surface area contributed by atoms with Gasteiger partial charge in [0, 0.05) is 31.5 Å². The second kappa shape index (κ2) is 6.54. The molecule has 1 aromatic rings. The van der Waals surface area contributed by atoms with Crippen molar-refractivity contribution in [1.82, 2.24) is 14.5 Å². The third-order valence-electron chi connectivity index (χ3n) is 3.12. The van der Waals surface area contributed by atoms with Gasteiger partial charge in [-0.05, 0) is 26.2 Å². The van der Waals surface area contributed by atoms with Crippen molar-refractivity contribution < 1.29 is 9.53 Å². The van der Waals surface area contributed by atoms with Crippen molar-refractivity contribution in [3.8, 4) is 0 Å². The minimum absolute atomic E-state index is 0.105. The Morgan fingerprint density at radius 1 is 1.56 bits per heavy atom. The first-order valence-electron chi connectivity index (χ1n) is 6.65. The summed E-state index contributed by atoms with van der Waals surface area (Å²) in [7, 11) is 0. The van der Waals surface area contributed by atoms with Crippen LogP contribution in [0.4, 0.5) is 0 Å². The molecule has 0 radical (unpaired) electrons. The van der Waals surface area contributed by atoms with E-state index in [1.54, 1.807) is 6.20 Å². The van der Waals surface area contributed by atoms with Gasteiger partial charge in [0.2, 0.25) is 0 Å². The third-order valence-corrected chi connectivity index (χ3v) is 3.12. The molecule has 0 atom stereocenters. The fraction of sp³-hybridized carbons (Fsp3) is 0.692. The molecule has 0 aliphatic heterocycles. The van der Waals surface area contributed by atoms with Crippen LogP contribution in [0.15, 0.2) is 18.7 Å². The van der Waals surface area contributed by atoms with Gasteiger partial charge in [-0.3, -0.25) is 9.69 Å². The van der Waals surface area contributed by atoms with Gasteiger partial charge in [0.1, 0.15) is 0 Å². The van der Waals surface area contributed by atoms with Crippen LogP contribution < -0.4 is 0 Å². The molecule has 0 spiro atoms. The molecular weight excluding hydrogens is 230 g/mol. The summed E-state index contributed by atoms with van der Waals surface area (Å²) in [5.74, 6) is -0.105. The molecule has 0 N–H and O–H groups in total. The van der Waals surface area contributed by atoms with Crippen molar-refractivity contribution >= 4 is 5.97 Å². The number of rotatable bonds is 8. The molecule has 0 unspecified atom stereocenters. The second-order valence-corrected chi connectivity index (χ2v) is 4.66.